The number of nitrogens with zero attached hydrogens (tertiary/aromatic N) is 3. The van der Waals surface area contributed by atoms with E-state index in [-0.39, 0.29) is 5.69 Å². The normalized spacial score (nSPS) is 10.5. The molecular weight excluding hydrogens is 266 g/mol. The predicted molar refractivity (Wildman–Crippen MR) is 78.5 cm³/mol. The summed E-state index contributed by atoms with van der Waals surface area (Å²) in [4.78, 5) is 11.4. The average molecular weight is 279 g/mol. The van der Waals surface area contributed by atoms with Crippen molar-refractivity contribution in [3.05, 3.63) is 65.9 Å². The number of hydrogen-bond donors (Lipinski definition) is 1. The van der Waals surface area contributed by atoms with Crippen LogP contribution in [0.2, 0.25) is 0 Å². The van der Waals surface area contributed by atoms with Gasteiger partial charge in [0.1, 0.15) is 5.69 Å². The van der Waals surface area contributed by atoms with E-state index in [1.165, 1.54) is 0 Å². The van der Waals surface area contributed by atoms with Gasteiger partial charge in [-0.2, -0.15) is 0 Å². The quantitative estimate of drug-likeness (QED) is 0.800. The summed E-state index contributed by atoms with van der Waals surface area (Å²) in [6.45, 7) is 1.93. The first-order valence-corrected chi connectivity index (χ1v) is 6.49. The first-order valence-electron chi connectivity index (χ1n) is 6.49. The second-order valence-electron chi connectivity index (χ2n) is 4.65. The van der Waals surface area contributed by atoms with Crippen molar-refractivity contribution >= 4 is 5.97 Å². The first kappa shape index (κ1) is 13.1. The number of aryl methyl sites for hydroxylation is 1. The van der Waals surface area contributed by atoms with Crippen LogP contribution >= 0.6 is 0 Å². The molecule has 1 N–H and O–H groups in total. The summed E-state index contributed by atoms with van der Waals surface area (Å²) in [6.07, 6.45) is 0. The maximum absolute atomic E-state index is 11.4. The summed E-state index contributed by atoms with van der Waals surface area (Å²) >= 11 is 0. The van der Waals surface area contributed by atoms with Gasteiger partial charge in [0.05, 0.1) is 5.69 Å². The lowest BCUT2D eigenvalue weighted by Crippen LogP contribution is -2.04. The molecule has 1 heterocycles. The van der Waals surface area contributed by atoms with Gasteiger partial charge in [-0.15, -0.1) is 5.10 Å². The fraction of sp³-hybridized carbons (Fsp3) is 0.0625. The zero-order valence-corrected chi connectivity index (χ0v) is 11.4. The van der Waals surface area contributed by atoms with Gasteiger partial charge in [-0.1, -0.05) is 47.7 Å². The Morgan fingerprint density at radius 1 is 1.05 bits per heavy atom. The zero-order chi connectivity index (χ0) is 14.8. The third kappa shape index (κ3) is 2.29. The topological polar surface area (TPSA) is 68.0 Å². The van der Waals surface area contributed by atoms with Gasteiger partial charge in [-0.05, 0) is 24.6 Å². The molecule has 3 rings (SSSR count). The number of aromatic carboxylic acids is 1. The molecule has 0 radical (unpaired) electrons. The first-order chi connectivity index (χ1) is 10.2. The third-order valence-electron chi connectivity index (χ3n) is 3.27. The Balaban J connectivity index is 2.29. The summed E-state index contributed by atoms with van der Waals surface area (Å²) in [5.74, 6) is -1.09. The van der Waals surface area contributed by atoms with Gasteiger partial charge in [0, 0.05) is 5.56 Å². The summed E-state index contributed by atoms with van der Waals surface area (Å²) in [5, 5.41) is 17.2. The van der Waals surface area contributed by atoms with E-state index < -0.39 is 5.97 Å². The Bertz CT molecular complexity index is 794. The minimum absolute atomic E-state index is 0.0480. The Morgan fingerprint density at radius 3 is 2.38 bits per heavy atom. The van der Waals surface area contributed by atoms with Gasteiger partial charge >= 0.3 is 5.97 Å². The number of hydrogen-bond acceptors (Lipinski definition) is 3. The van der Waals surface area contributed by atoms with Crippen molar-refractivity contribution in [2.45, 2.75) is 6.92 Å². The fourth-order valence-corrected chi connectivity index (χ4v) is 2.26. The molecule has 21 heavy (non-hydrogen) atoms. The molecule has 0 saturated carbocycles. The number of benzene rings is 2. The summed E-state index contributed by atoms with van der Waals surface area (Å²) in [7, 11) is 0. The smallest absolute Gasteiger partial charge is 0.358 e. The molecule has 0 fully saturated rings. The van der Waals surface area contributed by atoms with E-state index in [4.69, 9.17) is 0 Å². The largest absolute Gasteiger partial charge is 0.476 e. The van der Waals surface area contributed by atoms with Crippen molar-refractivity contribution in [2.24, 2.45) is 0 Å². The van der Waals surface area contributed by atoms with Gasteiger partial charge in [0.25, 0.3) is 0 Å². The molecule has 0 aliphatic carbocycles. The van der Waals surface area contributed by atoms with Crippen LogP contribution in [0.15, 0.2) is 54.6 Å². The van der Waals surface area contributed by atoms with E-state index in [0.717, 1.165) is 16.8 Å². The van der Waals surface area contributed by atoms with Crippen LogP contribution in [-0.4, -0.2) is 26.1 Å². The molecule has 0 unspecified atom stereocenters. The number of carboxylic acids is 1. The molecule has 0 atom stereocenters. The number of aromatic nitrogens is 3. The molecule has 5 heteroatoms. The highest BCUT2D eigenvalue weighted by Gasteiger charge is 2.22. The minimum Gasteiger partial charge on any atom is -0.476 e. The van der Waals surface area contributed by atoms with Crippen LogP contribution in [0.1, 0.15) is 16.1 Å². The van der Waals surface area contributed by atoms with E-state index >= 15 is 0 Å². The second-order valence-corrected chi connectivity index (χ2v) is 4.65. The monoisotopic (exact) mass is 279 g/mol. The minimum atomic E-state index is -1.09. The highest BCUT2D eigenvalue weighted by atomic mass is 16.4. The fourth-order valence-electron chi connectivity index (χ4n) is 2.26. The molecular formula is C16H13N3O2. The number of rotatable bonds is 3. The van der Waals surface area contributed by atoms with Crippen molar-refractivity contribution in [2.75, 3.05) is 0 Å². The lowest BCUT2D eigenvalue weighted by atomic mass is 10.0. The Kier molecular flexibility index (Phi) is 3.23. The van der Waals surface area contributed by atoms with Crippen LogP contribution in [0.5, 0.6) is 0 Å². The van der Waals surface area contributed by atoms with Crippen LogP contribution in [0, 0.1) is 6.92 Å². The van der Waals surface area contributed by atoms with Crippen LogP contribution in [0.3, 0.4) is 0 Å². The number of carbonyl (C=O) groups is 1. The van der Waals surface area contributed by atoms with Crippen molar-refractivity contribution < 1.29 is 9.90 Å². The standard InChI is InChI=1S/C16H13N3O2/c1-11-7-5-6-10-13(11)15-14(16(20)21)17-18-19(15)12-8-3-2-4-9-12/h2-10H,1H3,(H,20,21). The zero-order valence-electron chi connectivity index (χ0n) is 11.4. The maximum atomic E-state index is 11.4. The molecule has 5 nitrogen and oxygen atoms in total. The molecule has 0 spiro atoms. The van der Waals surface area contributed by atoms with Gasteiger partial charge in [0.15, 0.2) is 5.69 Å². The molecule has 2 aromatic carbocycles. The van der Waals surface area contributed by atoms with E-state index in [1.807, 2.05) is 61.5 Å². The molecule has 0 bridgehead atoms. The molecule has 0 aliphatic heterocycles. The van der Waals surface area contributed by atoms with Crippen molar-refractivity contribution in [1.82, 2.24) is 15.0 Å². The number of para-hydroxylation sites is 1. The molecule has 3 aromatic rings. The van der Waals surface area contributed by atoms with E-state index in [1.54, 1.807) is 4.68 Å². The van der Waals surface area contributed by atoms with Gasteiger partial charge in [0.2, 0.25) is 0 Å². The molecule has 0 aliphatic rings. The summed E-state index contributed by atoms with van der Waals surface area (Å²) < 4.78 is 1.56. The van der Waals surface area contributed by atoms with Crippen molar-refractivity contribution in [1.29, 1.82) is 0 Å². The van der Waals surface area contributed by atoms with Crippen molar-refractivity contribution in [3.8, 4) is 16.9 Å². The molecule has 104 valence electrons. The molecule has 0 saturated heterocycles. The van der Waals surface area contributed by atoms with Crippen LogP contribution in [-0.2, 0) is 0 Å². The maximum Gasteiger partial charge on any atom is 0.358 e. The van der Waals surface area contributed by atoms with Gasteiger partial charge in [-0.3, -0.25) is 0 Å². The Hall–Kier alpha value is -2.95. The van der Waals surface area contributed by atoms with Crippen molar-refractivity contribution in [3.63, 3.8) is 0 Å². The van der Waals surface area contributed by atoms with Crippen LogP contribution in [0.4, 0.5) is 0 Å². The van der Waals surface area contributed by atoms with Crippen LogP contribution in [0.25, 0.3) is 16.9 Å². The Morgan fingerprint density at radius 2 is 1.71 bits per heavy atom. The van der Waals surface area contributed by atoms with E-state index in [9.17, 15) is 9.90 Å². The third-order valence-corrected chi connectivity index (χ3v) is 3.27. The van der Waals surface area contributed by atoms with Gasteiger partial charge in [-0.25, -0.2) is 9.48 Å². The highest BCUT2D eigenvalue weighted by Crippen LogP contribution is 2.27. The lowest BCUT2D eigenvalue weighted by Gasteiger charge is -2.09. The van der Waals surface area contributed by atoms with E-state index in [0.29, 0.717) is 5.69 Å². The predicted octanol–water partition coefficient (Wildman–Crippen LogP) is 2.94. The Labute approximate surface area is 121 Å². The highest BCUT2D eigenvalue weighted by molar-refractivity contribution is 5.93. The molecule has 1 aromatic heterocycles. The van der Waals surface area contributed by atoms with Crippen LogP contribution < -0.4 is 0 Å². The second kappa shape index (κ2) is 5.20. The SMILES string of the molecule is Cc1ccccc1-c1c(C(=O)O)nnn1-c1ccccc1. The summed E-state index contributed by atoms with van der Waals surface area (Å²) in [5.41, 5.74) is 3.00. The summed E-state index contributed by atoms with van der Waals surface area (Å²) in [6, 6.07) is 17.0. The van der Waals surface area contributed by atoms with Gasteiger partial charge < -0.3 is 5.11 Å². The average Bonchev–Trinajstić information content (AvgIpc) is 2.93. The molecule has 0 amide bonds. The van der Waals surface area contributed by atoms with E-state index in [2.05, 4.69) is 10.3 Å². The lowest BCUT2D eigenvalue weighted by molar-refractivity contribution is 0.0691. The number of carboxylic acid groups (broad SMARTS) is 1.